The second-order valence-corrected chi connectivity index (χ2v) is 7.42. The molecule has 0 spiro atoms. The second kappa shape index (κ2) is 8.67. The zero-order chi connectivity index (χ0) is 18.5. The highest BCUT2D eigenvalue weighted by Crippen LogP contribution is 2.28. The number of rotatable bonds is 6. The number of methoxy groups -OCH3 is 1. The van der Waals surface area contributed by atoms with Crippen LogP contribution in [0, 0.1) is 11.3 Å². The molecule has 1 aromatic heterocycles. The molecule has 1 amide bonds. The molecular formula is C19H22BrN3O3. The molecule has 3 rings (SSSR count). The number of ether oxygens (including phenoxy) is 2. The molecule has 6 nitrogen and oxygen atoms in total. The van der Waals surface area contributed by atoms with Gasteiger partial charge in [-0.1, -0.05) is 15.9 Å². The van der Waals surface area contributed by atoms with Crippen LogP contribution >= 0.6 is 15.9 Å². The average molecular weight is 420 g/mol. The van der Waals surface area contributed by atoms with Gasteiger partial charge in [-0.3, -0.25) is 4.79 Å². The average Bonchev–Trinajstić information content (AvgIpc) is 3.05. The van der Waals surface area contributed by atoms with E-state index in [4.69, 9.17) is 9.47 Å². The Kier molecular flexibility index (Phi) is 6.30. The highest BCUT2D eigenvalue weighted by Gasteiger charge is 2.24. The third-order valence-electron chi connectivity index (χ3n) is 4.76. The zero-order valence-electron chi connectivity index (χ0n) is 14.7. The SMILES string of the molecule is COCCO[C@H]1CC[C@H](NC(=O)c2cc(Br)cc3[nH]cc(C#N)c23)CC1. The molecule has 0 radical (unpaired) electrons. The molecule has 0 saturated heterocycles. The summed E-state index contributed by atoms with van der Waals surface area (Å²) < 4.78 is 11.6. The number of halogens is 1. The minimum atomic E-state index is -0.142. The summed E-state index contributed by atoms with van der Waals surface area (Å²) in [6, 6.07) is 5.91. The molecule has 7 heteroatoms. The van der Waals surface area contributed by atoms with Gasteiger partial charge in [0.05, 0.1) is 30.4 Å². The molecule has 138 valence electrons. The number of nitrogens with one attached hydrogen (secondary N) is 2. The molecule has 1 aliphatic carbocycles. The minimum Gasteiger partial charge on any atom is -0.382 e. The molecule has 0 unspecified atom stereocenters. The summed E-state index contributed by atoms with van der Waals surface area (Å²) in [6.07, 6.45) is 5.51. The number of hydrogen-bond acceptors (Lipinski definition) is 4. The fourth-order valence-corrected chi connectivity index (χ4v) is 3.89. The lowest BCUT2D eigenvalue weighted by Crippen LogP contribution is -2.39. The van der Waals surface area contributed by atoms with Crippen LogP contribution in [0.4, 0.5) is 0 Å². The quantitative estimate of drug-likeness (QED) is 0.701. The number of hydrogen-bond donors (Lipinski definition) is 2. The van der Waals surface area contributed by atoms with E-state index in [0.717, 1.165) is 35.7 Å². The summed E-state index contributed by atoms with van der Waals surface area (Å²) in [5.74, 6) is -0.142. The van der Waals surface area contributed by atoms with Crippen molar-refractivity contribution in [1.29, 1.82) is 5.26 Å². The Morgan fingerprint density at radius 2 is 2.12 bits per heavy atom. The molecule has 0 atom stereocenters. The van der Waals surface area contributed by atoms with Gasteiger partial charge < -0.3 is 19.8 Å². The van der Waals surface area contributed by atoms with Crippen LogP contribution in [0.1, 0.15) is 41.6 Å². The number of carbonyl (C=O) groups is 1. The summed E-state index contributed by atoms with van der Waals surface area (Å²) in [5.41, 5.74) is 1.77. The van der Waals surface area contributed by atoms with E-state index >= 15 is 0 Å². The first kappa shape index (κ1) is 18.9. The van der Waals surface area contributed by atoms with Gasteiger partial charge in [-0.25, -0.2) is 0 Å². The second-order valence-electron chi connectivity index (χ2n) is 6.50. The molecule has 1 aliphatic rings. The molecular weight excluding hydrogens is 398 g/mol. The number of H-pyrrole nitrogens is 1. The molecule has 1 heterocycles. The van der Waals surface area contributed by atoms with Crippen molar-refractivity contribution < 1.29 is 14.3 Å². The highest BCUT2D eigenvalue weighted by atomic mass is 79.9. The normalized spacial score (nSPS) is 20.0. The summed E-state index contributed by atoms with van der Waals surface area (Å²) in [5, 5.41) is 13.1. The van der Waals surface area contributed by atoms with Gasteiger partial charge in [0.1, 0.15) is 6.07 Å². The third kappa shape index (κ3) is 4.26. The van der Waals surface area contributed by atoms with Crippen LogP contribution in [0.3, 0.4) is 0 Å². The fourth-order valence-electron chi connectivity index (χ4n) is 3.44. The van der Waals surface area contributed by atoms with Crippen molar-refractivity contribution in [3.05, 3.63) is 33.9 Å². The van der Waals surface area contributed by atoms with Crippen LogP contribution in [0.15, 0.2) is 22.8 Å². The van der Waals surface area contributed by atoms with Crippen molar-refractivity contribution in [3.63, 3.8) is 0 Å². The number of aromatic amines is 1. The van der Waals surface area contributed by atoms with E-state index in [-0.39, 0.29) is 18.1 Å². The number of carbonyl (C=O) groups excluding carboxylic acids is 1. The van der Waals surface area contributed by atoms with Crippen molar-refractivity contribution in [2.75, 3.05) is 20.3 Å². The Hall–Kier alpha value is -1.88. The van der Waals surface area contributed by atoms with E-state index in [9.17, 15) is 10.1 Å². The Bertz CT molecular complexity index is 819. The Balaban J connectivity index is 1.65. The van der Waals surface area contributed by atoms with E-state index < -0.39 is 0 Å². The van der Waals surface area contributed by atoms with E-state index in [1.165, 1.54) is 0 Å². The molecule has 0 bridgehead atoms. The number of aromatic nitrogens is 1. The van der Waals surface area contributed by atoms with Gasteiger partial charge in [0.2, 0.25) is 0 Å². The number of nitriles is 1. The van der Waals surface area contributed by atoms with Gasteiger partial charge in [-0.2, -0.15) is 5.26 Å². The summed E-state index contributed by atoms with van der Waals surface area (Å²) in [7, 11) is 1.66. The van der Waals surface area contributed by atoms with Crippen LogP contribution in [0.5, 0.6) is 0 Å². The maximum atomic E-state index is 12.8. The Morgan fingerprint density at radius 1 is 1.35 bits per heavy atom. The summed E-state index contributed by atoms with van der Waals surface area (Å²) in [4.78, 5) is 15.9. The van der Waals surface area contributed by atoms with Gasteiger partial charge in [0.15, 0.2) is 0 Å². The van der Waals surface area contributed by atoms with Crippen molar-refractivity contribution >= 4 is 32.7 Å². The van der Waals surface area contributed by atoms with Crippen LogP contribution in [0.25, 0.3) is 10.9 Å². The first-order chi connectivity index (χ1) is 12.6. The third-order valence-corrected chi connectivity index (χ3v) is 5.22. The molecule has 26 heavy (non-hydrogen) atoms. The number of fused-ring (bicyclic) bond motifs is 1. The first-order valence-electron chi connectivity index (χ1n) is 8.74. The predicted molar refractivity (Wildman–Crippen MR) is 102 cm³/mol. The smallest absolute Gasteiger partial charge is 0.252 e. The number of amides is 1. The largest absolute Gasteiger partial charge is 0.382 e. The Labute approximate surface area is 161 Å². The van der Waals surface area contributed by atoms with E-state index in [0.29, 0.717) is 29.7 Å². The molecule has 0 aliphatic heterocycles. The lowest BCUT2D eigenvalue weighted by atomic mass is 9.92. The van der Waals surface area contributed by atoms with Crippen molar-refractivity contribution in [1.82, 2.24) is 10.3 Å². The lowest BCUT2D eigenvalue weighted by Gasteiger charge is -2.29. The molecule has 1 aromatic carbocycles. The van der Waals surface area contributed by atoms with Crippen LogP contribution < -0.4 is 5.32 Å². The molecule has 2 N–H and O–H groups in total. The van der Waals surface area contributed by atoms with Crippen molar-refractivity contribution in [2.24, 2.45) is 0 Å². The lowest BCUT2D eigenvalue weighted by molar-refractivity contribution is -0.00408. The topological polar surface area (TPSA) is 87.1 Å². The minimum absolute atomic E-state index is 0.128. The van der Waals surface area contributed by atoms with Gasteiger partial charge >= 0.3 is 0 Å². The van der Waals surface area contributed by atoms with Crippen molar-refractivity contribution in [2.45, 2.75) is 37.8 Å². The number of nitrogens with zero attached hydrogens (tertiary/aromatic N) is 1. The van der Waals surface area contributed by atoms with Gasteiger partial charge in [0.25, 0.3) is 5.91 Å². The maximum absolute atomic E-state index is 12.8. The van der Waals surface area contributed by atoms with Gasteiger partial charge in [-0.15, -0.1) is 0 Å². The van der Waals surface area contributed by atoms with Crippen LogP contribution in [-0.2, 0) is 9.47 Å². The maximum Gasteiger partial charge on any atom is 0.252 e. The zero-order valence-corrected chi connectivity index (χ0v) is 16.3. The van der Waals surface area contributed by atoms with E-state index in [1.807, 2.05) is 6.07 Å². The fraction of sp³-hybridized carbons (Fsp3) is 0.474. The summed E-state index contributed by atoms with van der Waals surface area (Å²) >= 11 is 3.44. The highest BCUT2D eigenvalue weighted by molar-refractivity contribution is 9.10. The van der Waals surface area contributed by atoms with Crippen LogP contribution in [-0.4, -0.2) is 43.4 Å². The van der Waals surface area contributed by atoms with Gasteiger partial charge in [0, 0.05) is 34.7 Å². The molecule has 2 aromatic rings. The monoisotopic (exact) mass is 419 g/mol. The van der Waals surface area contributed by atoms with E-state index in [1.54, 1.807) is 19.4 Å². The first-order valence-corrected chi connectivity index (χ1v) is 9.53. The number of benzene rings is 1. The molecule has 1 fully saturated rings. The standard InChI is InChI=1S/C19H22BrN3O3/c1-25-6-7-26-15-4-2-14(3-5-15)23-19(24)16-8-13(20)9-17-18(16)12(10-21)11-22-17/h8-9,11,14-15,22H,2-7H2,1H3,(H,23,24)/t14-,15-. The Morgan fingerprint density at radius 3 is 2.81 bits per heavy atom. The van der Waals surface area contributed by atoms with E-state index in [2.05, 4.69) is 32.3 Å². The van der Waals surface area contributed by atoms with Gasteiger partial charge in [-0.05, 0) is 37.8 Å². The molecule has 1 saturated carbocycles. The predicted octanol–water partition coefficient (Wildman–Crippen LogP) is 3.51. The van der Waals surface area contributed by atoms with Crippen molar-refractivity contribution in [3.8, 4) is 6.07 Å². The summed E-state index contributed by atoms with van der Waals surface area (Å²) in [6.45, 7) is 1.21. The van der Waals surface area contributed by atoms with Crippen LogP contribution in [0.2, 0.25) is 0 Å².